The second-order valence-corrected chi connectivity index (χ2v) is 6.55. The Morgan fingerprint density at radius 2 is 1.19 bits per heavy atom. The minimum absolute atomic E-state index is 0.181. The van der Waals surface area contributed by atoms with Crippen molar-refractivity contribution in [3.05, 3.63) is 89.7 Å². The molecule has 0 amide bonds. The molecule has 0 atom stereocenters. The van der Waals surface area contributed by atoms with Crippen molar-refractivity contribution >= 4 is 0 Å². The van der Waals surface area contributed by atoms with Crippen molar-refractivity contribution in [2.75, 3.05) is 6.61 Å². The molecule has 2 heteroatoms. The third kappa shape index (κ3) is 5.19. The lowest BCUT2D eigenvalue weighted by Gasteiger charge is -2.08. The van der Waals surface area contributed by atoms with E-state index >= 15 is 0 Å². The van der Waals surface area contributed by atoms with E-state index in [4.69, 9.17) is 4.74 Å². The molecule has 0 aliphatic rings. The fraction of sp³-hybridized carbons (Fsp3) is 0.250. The number of hydrogen-bond acceptors (Lipinski definition) is 1. The van der Waals surface area contributed by atoms with Gasteiger partial charge in [-0.15, -0.1) is 0 Å². The van der Waals surface area contributed by atoms with Crippen LogP contribution >= 0.6 is 0 Å². The molecule has 0 unspecified atom stereocenters. The Labute approximate surface area is 155 Å². The SMILES string of the molecule is CCCCOc1ccc(-c2ccc(CCc3ccc(F)cc3)cc2)cc1. The van der Waals surface area contributed by atoms with Crippen molar-refractivity contribution in [2.24, 2.45) is 0 Å². The summed E-state index contributed by atoms with van der Waals surface area (Å²) in [4.78, 5) is 0. The first-order valence-electron chi connectivity index (χ1n) is 9.31. The van der Waals surface area contributed by atoms with Crippen molar-refractivity contribution < 1.29 is 9.13 Å². The topological polar surface area (TPSA) is 9.23 Å². The molecule has 26 heavy (non-hydrogen) atoms. The summed E-state index contributed by atoms with van der Waals surface area (Å²) in [6.45, 7) is 2.94. The van der Waals surface area contributed by atoms with Crippen LogP contribution in [0.3, 0.4) is 0 Å². The molecule has 0 saturated carbocycles. The van der Waals surface area contributed by atoms with Gasteiger partial charge in [0.25, 0.3) is 0 Å². The smallest absolute Gasteiger partial charge is 0.123 e. The number of benzene rings is 3. The van der Waals surface area contributed by atoms with Crippen LogP contribution in [0.4, 0.5) is 4.39 Å². The van der Waals surface area contributed by atoms with E-state index in [9.17, 15) is 4.39 Å². The van der Waals surface area contributed by atoms with Crippen LogP contribution in [0.2, 0.25) is 0 Å². The standard InChI is InChI=1S/C24H25FO/c1-2-3-18-26-24-16-12-22(13-17-24)21-10-6-19(7-11-21)4-5-20-8-14-23(25)15-9-20/h6-17H,2-5,18H2,1H3. The van der Waals surface area contributed by atoms with Crippen LogP contribution in [-0.4, -0.2) is 6.61 Å². The molecular weight excluding hydrogens is 323 g/mol. The lowest BCUT2D eigenvalue weighted by Crippen LogP contribution is -1.96. The molecule has 0 heterocycles. The van der Waals surface area contributed by atoms with E-state index in [1.54, 1.807) is 0 Å². The highest BCUT2D eigenvalue weighted by atomic mass is 19.1. The normalized spacial score (nSPS) is 10.7. The first-order valence-corrected chi connectivity index (χ1v) is 9.31. The second-order valence-electron chi connectivity index (χ2n) is 6.55. The van der Waals surface area contributed by atoms with Gasteiger partial charge in [-0.05, 0) is 65.8 Å². The summed E-state index contributed by atoms with van der Waals surface area (Å²) in [7, 11) is 0. The molecule has 0 aliphatic heterocycles. The summed E-state index contributed by atoms with van der Waals surface area (Å²) in [6, 6.07) is 23.7. The summed E-state index contributed by atoms with van der Waals surface area (Å²) >= 11 is 0. The first kappa shape index (κ1) is 18.2. The van der Waals surface area contributed by atoms with Gasteiger partial charge < -0.3 is 4.74 Å². The summed E-state index contributed by atoms with van der Waals surface area (Å²) in [5.41, 5.74) is 4.85. The Hall–Kier alpha value is -2.61. The highest BCUT2D eigenvalue weighted by Crippen LogP contribution is 2.23. The zero-order valence-electron chi connectivity index (χ0n) is 15.2. The molecule has 0 bridgehead atoms. The predicted molar refractivity (Wildman–Crippen MR) is 106 cm³/mol. The quantitative estimate of drug-likeness (QED) is 0.425. The molecular formula is C24H25FO. The molecule has 0 N–H and O–H groups in total. The van der Waals surface area contributed by atoms with Gasteiger partial charge in [-0.3, -0.25) is 0 Å². The average Bonchev–Trinajstić information content (AvgIpc) is 2.69. The number of ether oxygens (including phenoxy) is 1. The van der Waals surface area contributed by atoms with E-state index in [1.165, 1.54) is 28.8 Å². The summed E-state index contributed by atoms with van der Waals surface area (Å²) in [5.74, 6) is 0.748. The minimum atomic E-state index is -0.181. The van der Waals surface area contributed by atoms with Gasteiger partial charge >= 0.3 is 0 Å². The monoisotopic (exact) mass is 348 g/mol. The Morgan fingerprint density at radius 3 is 1.73 bits per heavy atom. The Bertz CT molecular complexity index is 789. The molecule has 3 rings (SSSR count). The Morgan fingerprint density at radius 1 is 0.692 bits per heavy atom. The maximum absolute atomic E-state index is 13.0. The summed E-state index contributed by atoms with van der Waals surface area (Å²) < 4.78 is 18.7. The maximum atomic E-state index is 13.0. The number of hydrogen-bond donors (Lipinski definition) is 0. The number of halogens is 1. The Balaban J connectivity index is 1.57. The van der Waals surface area contributed by atoms with Crippen LogP contribution in [-0.2, 0) is 12.8 Å². The van der Waals surface area contributed by atoms with Crippen LogP contribution in [0.15, 0.2) is 72.8 Å². The summed E-state index contributed by atoms with van der Waals surface area (Å²) in [6.07, 6.45) is 4.10. The third-order valence-electron chi connectivity index (χ3n) is 4.52. The lowest BCUT2D eigenvalue weighted by molar-refractivity contribution is 0.309. The molecule has 134 valence electrons. The van der Waals surface area contributed by atoms with Crippen LogP contribution in [0, 0.1) is 5.82 Å². The summed E-state index contributed by atoms with van der Waals surface area (Å²) in [5, 5.41) is 0. The van der Waals surface area contributed by atoms with E-state index < -0.39 is 0 Å². The van der Waals surface area contributed by atoms with Gasteiger partial charge in [0.1, 0.15) is 11.6 Å². The van der Waals surface area contributed by atoms with Crippen molar-refractivity contribution in [2.45, 2.75) is 32.6 Å². The highest BCUT2D eigenvalue weighted by molar-refractivity contribution is 5.64. The van der Waals surface area contributed by atoms with Crippen molar-refractivity contribution in [3.8, 4) is 16.9 Å². The molecule has 0 aromatic heterocycles. The van der Waals surface area contributed by atoms with Gasteiger partial charge in [0.2, 0.25) is 0 Å². The largest absolute Gasteiger partial charge is 0.494 e. The van der Waals surface area contributed by atoms with E-state index in [-0.39, 0.29) is 5.82 Å². The van der Waals surface area contributed by atoms with E-state index in [1.807, 2.05) is 24.3 Å². The molecule has 0 fully saturated rings. The van der Waals surface area contributed by atoms with Gasteiger partial charge in [-0.2, -0.15) is 0 Å². The lowest BCUT2D eigenvalue weighted by atomic mass is 10.0. The van der Waals surface area contributed by atoms with E-state index in [2.05, 4.69) is 43.3 Å². The predicted octanol–water partition coefficient (Wildman–Crippen LogP) is 6.46. The van der Waals surface area contributed by atoms with Crippen molar-refractivity contribution in [1.82, 2.24) is 0 Å². The van der Waals surface area contributed by atoms with Crippen molar-refractivity contribution in [3.63, 3.8) is 0 Å². The minimum Gasteiger partial charge on any atom is -0.494 e. The molecule has 0 radical (unpaired) electrons. The zero-order valence-corrected chi connectivity index (χ0v) is 15.2. The molecule has 3 aromatic carbocycles. The molecule has 0 spiro atoms. The second kappa shape index (κ2) is 9.19. The number of unbranched alkanes of at least 4 members (excludes halogenated alkanes) is 1. The van der Waals surface area contributed by atoms with Gasteiger partial charge in [-0.1, -0.05) is 61.9 Å². The fourth-order valence-corrected chi connectivity index (χ4v) is 2.88. The van der Waals surface area contributed by atoms with Crippen LogP contribution in [0.5, 0.6) is 5.75 Å². The molecule has 1 nitrogen and oxygen atoms in total. The zero-order chi connectivity index (χ0) is 18.2. The first-order chi connectivity index (χ1) is 12.7. The Kier molecular flexibility index (Phi) is 6.43. The van der Waals surface area contributed by atoms with Gasteiger partial charge in [0.15, 0.2) is 0 Å². The molecule has 0 aliphatic carbocycles. The van der Waals surface area contributed by atoms with Crippen LogP contribution in [0.1, 0.15) is 30.9 Å². The molecule has 0 saturated heterocycles. The molecule has 3 aromatic rings. The third-order valence-corrected chi connectivity index (χ3v) is 4.52. The fourth-order valence-electron chi connectivity index (χ4n) is 2.88. The van der Waals surface area contributed by atoms with Crippen molar-refractivity contribution in [1.29, 1.82) is 0 Å². The van der Waals surface area contributed by atoms with Crippen LogP contribution in [0.25, 0.3) is 11.1 Å². The van der Waals surface area contributed by atoms with Crippen LogP contribution < -0.4 is 4.74 Å². The van der Waals surface area contributed by atoms with E-state index in [0.717, 1.165) is 43.6 Å². The van der Waals surface area contributed by atoms with Gasteiger partial charge in [0.05, 0.1) is 6.61 Å². The average molecular weight is 348 g/mol. The van der Waals surface area contributed by atoms with Gasteiger partial charge in [0, 0.05) is 0 Å². The highest BCUT2D eigenvalue weighted by Gasteiger charge is 2.01. The number of aryl methyl sites for hydroxylation is 2. The maximum Gasteiger partial charge on any atom is 0.123 e. The van der Waals surface area contributed by atoms with E-state index in [0.29, 0.717) is 0 Å². The number of rotatable bonds is 8. The van der Waals surface area contributed by atoms with Gasteiger partial charge in [-0.25, -0.2) is 4.39 Å².